The molecule has 3 heterocycles. The molecule has 164 valence electrons. The zero-order valence-electron chi connectivity index (χ0n) is 17.9. The van der Waals surface area contributed by atoms with Gasteiger partial charge in [-0.3, -0.25) is 9.69 Å². The third-order valence-electron chi connectivity index (χ3n) is 5.85. The summed E-state index contributed by atoms with van der Waals surface area (Å²) in [7, 11) is 0. The van der Waals surface area contributed by atoms with Crippen LogP contribution in [0.5, 0.6) is 5.75 Å². The number of para-hydroxylation sites is 3. The van der Waals surface area contributed by atoms with E-state index in [-0.39, 0.29) is 12.5 Å². The lowest BCUT2D eigenvalue weighted by atomic mass is 10.2. The molecule has 2 aromatic heterocycles. The van der Waals surface area contributed by atoms with Gasteiger partial charge in [0, 0.05) is 32.7 Å². The highest BCUT2D eigenvalue weighted by molar-refractivity contribution is 7.07. The first-order valence-corrected chi connectivity index (χ1v) is 11.8. The van der Waals surface area contributed by atoms with Gasteiger partial charge >= 0.3 is 0 Å². The maximum Gasteiger partial charge on any atom is 0.242 e. The van der Waals surface area contributed by atoms with Gasteiger partial charge in [-0.25, -0.2) is 4.98 Å². The van der Waals surface area contributed by atoms with Gasteiger partial charge in [-0.2, -0.15) is 11.3 Å². The summed E-state index contributed by atoms with van der Waals surface area (Å²) in [5.41, 5.74) is 3.19. The predicted molar refractivity (Wildman–Crippen MR) is 127 cm³/mol. The fourth-order valence-electron chi connectivity index (χ4n) is 4.11. The zero-order valence-corrected chi connectivity index (χ0v) is 18.7. The third-order valence-corrected chi connectivity index (χ3v) is 6.58. The zero-order chi connectivity index (χ0) is 21.8. The molecule has 0 atom stereocenters. The van der Waals surface area contributed by atoms with Gasteiger partial charge in [-0.15, -0.1) is 0 Å². The van der Waals surface area contributed by atoms with Crippen molar-refractivity contribution in [1.29, 1.82) is 0 Å². The van der Waals surface area contributed by atoms with Crippen LogP contribution >= 0.6 is 11.3 Å². The number of nitrogens with zero attached hydrogens (tertiary/aromatic N) is 4. The number of piperazine rings is 1. The first-order valence-electron chi connectivity index (χ1n) is 10.9. The fraction of sp³-hybridized carbons (Fsp3) is 0.280. The lowest BCUT2D eigenvalue weighted by molar-refractivity contribution is -0.133. The molecule has 0 aliphatic carbocycles. The maximum atomic E-state index is 13.2. The molecule has 5 rings (SSSR count). The Kier molecular flexibility index (Phi) is 6.18. The maximum absolute atomic E-state index is 13.2. The number of hydrogen-bond acceptors (Lipinski definition) is 5. The number of aromatic nitrogens is 2. The van der Waals surface area contributed by atoms with Crippen LogP contribution in [0.15, 0.2) is 71.4 Å². The topological polar surface area (TPSA) is 50.6 Å². The Labute approximate surface area is 191 Å². The Bertz CT molecular complexity index is 1170. The van der Waals surface area contributed by atoms with Crippen molar-refractivity contribution in [1.82, 2.24) is 19.4 Å². The van der Waals surface area contributed by atoms with Crippen molar-refractivity contribution in [2.24, 2.45) is 0 Å². The van der Waals surface area contributed by atoms with E-state index in [2.05, 4.69) is 21.7 Å². The van der Waals surface area contributed by atoms with E-state index in [0.717, 1.165) is 55.3 Å². The van der Waals surface area contributed by atoms with E-state index in [0.29, 0.717) is 6.61 Å². The standard InChI is InChI=1S/C25H26N4O2S/c30-25(28-13-11-27(12-14-28)16-20-10-15-32-19-20)17-29-23-9-5-4-8-22(23)26-24(29)18-31-21-6-2-1-3-7-21/h1-10,15,19H,11-14,16-18H2. The highest BCUT2D eigenvalue weighted by Gasteiger charge is 2.23. The second-order valence-electron chi connectivity index (χ2n) is 7.99. The van der Waals surface area contributed by atoms with Gasteiger partial charge in [0.15, 0.2) is 0 Å². The molecule has 7 heteroatoms. The molecular formula is C25H26N4O2S. The molecule has 0 radical (unpaired) electrons. The summed E-state index contributed by atoms with van der Waals surface area (Å²) in [4.78, 5) is 22.3. The van der Waals surface area contributed by atoms with E-state index >= 15 is 0 Å². The lowest BCUT2D eigenvalue weighted by Crippen LogP contribution is -2.49. The average molecular weight is 447 g/mol. The van der Waals surface area contributed by atoms with Crippen molar-refractivity contribution >= 4 is 28.3 Å². The average Bonchev–Trinajstić information content (AvgIpc) is 3.47. The van der Waals surface area contributed by atoms with E-state index in [1.807, 2.05) is 64.1 Å². The van der Waals surface area contributed by atoms with Crippen LogP contribution in [0.1, 0.15) is 11.4 Å². The molecular weight excluding hydrogens is 420 g/mol. The van der Waals surface area contributed by atoms with Gasteiger partial charge < -0.3 is 14.2 Å². The van der Waals surface area contributed by atoms with Crippen LogP contribution in [0.2, 0.25) is 0 Å². The SMILES string of the molecule is O=C(Cn1c(COc2ccccc2)nc2ccccc21)N1CCN(Cc2ccsc2)CC1. The molecule has 0 bridgehead atoms. The summed E-state index contributed by atoms with van der Waals surface area (Å²) in [6, 6.07) is 19.8. The van der Waals surface area contributed by atoms with Crippen molar-refractivity contribution in [2.75, 3.05) is 26.2 Å². The second kappa shape index (κ2) is 9.54. The first kappa shape index (κ1) is 20.7. The summed E-state index contributed by atoms with van der Waals surface area (Å²) in [6.45, 7) is 4.86. The number of amides is 1. The van der Waals surface area contributed by atoms with Crippen LogP contribution in [-0.4, -0.2) is 51.4 Å². The Morgan fingerprint density at radius 3 is 2.53 bits per heavy atom. The molecule has 0 N–H and O–H groups in total. The number of fused-ring (bicyclic) bond motifs is 1. The summed E-state index contributed by atoms with van der Waals surface area (Å²) in [5, 5.41) is 4.31. The van der Waals surface area contributed by atoms with Gasteiger partial charge in [0.1, 0.15) is 24.7 Å². The molecule has 1 aliphatic heterocycles. The van der Waals surface area contributed by atoms with Crippen LogP contribution in [0, 0.1) is 0 Å². The smallest absolute Gasteiger partial charge is 0.242 e. The second-order valence-corrected chi connectivity index (χ2v) is 8.77. The van der Waals surface area contributed by atoms with Crippen molar-refractivity contribution < 1.29 is 9.53 Å². The minimum atomic E-state index is 0.129. The molecule has 0 saturated carbocycles. The van der Waals surface area contributed by atoms with Crippen molar-refractivity contribution in [3.05, 3.63) is 82.8 Å². The molecule has 1 amide bonds. The minimum absolute atomic E-state index is 0.129. The van der Waals surface area contributed by atoms with E-state index in [4.69, 9.17) is 9.72 Å². The Hall–Kier alpha value is -3.16. The number of carbonyl (C=O) groups excluding carboxylic acids is 1. The van der Waals surface area contributed by atoms with E-state index in [9.17, 15) is 4.79 Å². The number of imidazole rings is 1. The summed E-state index contributed by atoms with van der Waals surface area (Å²) in [5.74, 6) is 1.68. The number of rotatable bonds is 7. The minimum Gasteiger partial charge on any atom is -0.486 e. The molecule has 32 heavy (non-hydrogen) atoms. The van der Waals surface area contributed by atoms with Crippen molar-refractivity contribution in [2.45, 2.75) is 19.7 Å². The first-order chi connectivity index (χ1) is 15.8. The molecule has 4 aromatic rings. The Balaban J connectivity index is 1.26. The lowest BCUT2D eigenvalue weighted by Gasteiger charge is -2.34. The van der Waals surface area contributed by atoms with E-state index < -0.39 is 0 Å². The molecule has 6 nitrogen and oxygen atoms in total. The number of thiophene rings is 1. The van der Waals surface area contributed by atoms with Crippen LogP contribution in [-0.2, 0) is 24.5 Å². The highest BCUT2D eigenvalue weighted by atomic mass is 32.1. The van der Waals surface area contributed by atoms with Gasteiger partial charge in [0.25, 0.3) is 0 Å². The van der Waals surface area contributed by atoms with Crippen LogP contribution in [0.3, 0.4) is 0 Å². The Morgan fingerprint density at radius 2 is 1.75 bits per heavy atom. The van der Waals surface area contributed by atoms with Crippen LogP contribution < -0.4 is 4.74 Å². The quantitative estimate of drug-likeness (QED) is 0.430. The number of benzene rings is 2. The largest absolute Gasteiger partial charge is 0.486 e. The van der Waals surface area contributed by atoms with Gasteiger partial charge in [-0.1, -0.05) is 30.3 Å². The molecule has 0 spiro atoms. The Morgan fingerprint density at radius 1 is 0.969 bits per heavy atom. The summed E-state index contributed by atoms with van der Waals surface area (Å²) in [6.07, 6.45) is 0. The van der Waals surface area contributed by atoms with Gasteiger partial charge in [-0.05, 0) is 46.7 Å². The monoisotopic (exact) mass is 446 g/mol. The molecule has 0 unspecified atom stereocenters. The van der Waals surface area contributed by atoms with Crippen LogP contribution in [0.4, 0.5) is 0 Å². The summed E-state index contributed by atoms with van der Waals surface area (Å²) < 4.78 is 7.94. The molecule has 1 aliphatic rings. The van der Waals surface area contributed by atoms with Crippen LogP contribution in [0.25, 0.3) is 11.0 Å². The predicted octanol–water partition coefficient (Wildman–Crippen LogP) is 4.02. The highest BCUT2D eigenvalue weighted by Crippen LogP contribution is 2.19. The fourth-order valence-corrected chi connectivity index (χ4v) is 4.77. The molecule has 1 fully saturated rings. The van der Waals surface area contributed by atoms with Gasteiger partial charge in [0.05, 0.1) is 11.0 Å². The number of ether oxygens (including phenoxy) is 1. The normalized spacial score (nSPS) is 14.7. The molecule has 1 saturated heterocycles. The van der Waals surface area contributed by atoms with Crippen molar-refractivity contribution in [3.8, 4) is 5.75 Å². The number of carbonyl (C=O) groups is 1. The van der Waals surface area contributed by atoms with Crippen molar-refractivity contribution in [3.63, 3.8) is 0 Å². The van der Waals surface area contributed by atoms with E-state index in [1.54, 1.807) is 11.3 Å². The van der Waals surface area contributed by atoms with E-state index in [1.165, 1.54) is 5.56 Å². The number of hydrogen-bond donors (Lipinski definition) is 0. The van der Waals surface area contributed by atoms with Gasteiger partial charge in [0.2, 0.25) is 5.91 Å². The third kappa shape index (κ3) is 4.69. The molecule has 2 aromatic carbocycles. The summed E-state index contributed by atoms with van der Waals surface area (Å²) >= 11 is 1.73.